The van der Waals surface area contributed by atoms with E-state index < -0.39 is 0 Å². The number of thiophene rings is 1. The van der Waals surface area contributed by atoms with Crippen LogP contribution >= 0.6 is 11.3 Å². The van der Waals surface area contributed by atoms with Crippen LogP contribution in [0.3, 0.4) is 0 Å². The van der Waals surface area contributed by atoms with Gasteiger partial charge in [0.1, 0.15) is 0 Å². The summed E-state index contributed by atoms with van der Waals surface area (Å²) >= 11 is 1.97. The van der Waals surface area contributed by atoms with Crippen LogP contribution in [0.15, 0.2) is 5.38 Å². The van der Waals surface area contributed by atoms with Crippen molar-refractivity contribution in [1.82, 2.24) is 5.32 Å². The van der Waals surface area contributed by atoms with Crippen molar-refractivity contribution in [2.45, 2.75) is 51.1 Å². The summed E-state index contributed by atoms with van der Waals surface area (Å²) in [4.78, 5) is 1.66. The Hall–Kier alpha value is -0.340. The first-order valence-electron chi connectivity index (χ1n) is 5.67. The molecular formula is C12H17NS. The maximum atomic E-state index is 3.62. The van der Waals surface area contributed by atoms with Gasteiger partial charge in [0.2, 0.25) is 0 Å². The average Bonchev–Trinajstić information content (AvgIpc) is 2.81. The van der Waals surface area contributed by atoms with Crippen LogP contribution in [0.1, 0.15) is 48.1 Å². The summed E-state index contributed by atoms with van der Waals surface area (Å²) < 4.78 is 0. The molecule has 1 aromatic heterocycles. The molecule has 2 heteroatoms. The van der Waals surface area contributed by atoms with Crippen LogP contribution in [-0.4, -0.2) is 6.04 Å². The summed E-state index contributed by atoms with van der Waals surface area (Å²) in [6.07, 6.45) is 5.48. The van der Waals surface area contributed by atoms with Crippen molar-refractivity contribution in [2.75, 3.05) is 0 Å². The molecule has 1 aromatic rings. The quantitative estimate of drug-likeness (QED) is 0.803. The molecule has 1 saturated carbocycles. The summed E-state index contributed by atoms with van der Waals surface area (Å²) in [5, 5.41) is 5.99. The maximum absolute atomic E-state index is 3.62. The molecule has 0 aromatic carbocycles. The first-order chi connectivity index (χ1) is 6.84. The molecule has 2 aliphatic rings. The van der Waals surface area contributed by atoms with E-state index in [-0.39, 0.29) is 0 Å². The highest BCUT2D eigenvalue weighted by molar-refractivity contribution is 7.10. The first kappa shape index (κ1) is 8.93. The molecule has 1 N–H and O–H groups in total. The summed E-state index contributed by atoms with van der Waals surface area (Å²) in [6.45, 7) is 3.49. The summed E-state index contributed by atoms with van der Waals surface area (Å²) in [7, 11) is 0. The third-order valence-corrected chi connectivity index (χ3v) is 4.56. The van der Waals surface area contributed by atoms with Crippen molar-refractivity contribution >= 4 is 11.3 Å². The zero-order chi connectivity index (χ0) is 9.54. The Kier molecular flexibility index (Phi) is 2.14. The molecule has 0 bridgehead atoms. The number of hydrogen-bond donors (Lipinski definition) is 1. The Labute approximate surface area is 89.5 Å². The lowest BCUT2D eigenvalue weighted by atomic mass is 10.0. The predicted molar refractivity (Wildman–Crippen MR) is 60.9 cm³/mol. The third-order valence-electron chi connectivity index (χ3n) is 3.45. The van der Waals surface area contributed by atoms with Crippen LogP contribution in [0.2, 0.25) is 0 Å². The fourth-order valence-electron chi connectivity index (χ4n) is 2.40. The summed E-state index contributed by atoms with van der Waals surface area (Å²) in [5.41, 5.74) is 3.27. The van der Waals surface area contributed by atoms with Crippen molar-refractivity contribution < 1.29 is 0 Å². The smallest absolute Gasteiger partial charge is 0.0219 e. The second-order valence-electron chi connectivity index (χ2n) is 4.69. The van der Waals surface area contributed by atoms with Crippen molar-refractivity contribution in [2.24, 2.45) is 0 Å². The summed E-state index contributed by atoms with van der Waals surface area (Å²) in [6, 6.07) is 0.835. The Morgan fingerprint density at radius 1 is 1.43 bits per heavy atom. The van der Waals surface area contributed by atoms with Gasteiger partial charge in [0.05, 0.1) is 0 Å². The number of fused-ring (bicyclic) bond motifs is 1. The van der Waals surface area contributed by atoms with E-state index in [0.717, 1.165) is 18.5 Å². The lowest BCUT2D eigenvalue weighted by Crippen LogP contribution is -2.15. The number of rotatable bonds is 3. The molecule has 0 amide bonds. The number of aryl methyl sites for hydroxylation is 1. The van der Waals surface area contributed by atoms with Crippen molar-refractivity contribution in [1.29, 1.82) is 0 Å². The second kappa shape index (κ2) is 3.35. The molecular weight excluding hydrogens is 190 g/mol. The topological polar surface area (TPSA) is 12.0 Å². The van der Waals surface area contributed by atoms with Crippen molar-refractivity contribution in [3.8, 4) is 0 Å². The Morgan fingerprint density at radius 3 is 3.07 bits per heavy atom. The van der Waals surface area contributed by atoms with Gasteiger partial charge in [0.25, 0.3) is 0 Å². The molecule has 1 heterocycles. The molecule has 1 nitrogen and oxygen atoms in total. The van der Waals surface area contributed by atoms with Crippen molar-refractivity contribution in [3.63, 3.8) is 0 Å². The molecule has 76 valence electrons. The van der Waals surface area contributed by atoms with E-state index in [0.29, 0.717) is 0 Å². The molecule has 0 saturated heterocycles. The average molecular weight is 207 g/mol. The molecule has 3 rings (SSSR count). The van der Waals surface area contributed by atoms with Gasteiger partial charge in [-0.15, -0.1) is 11.3 Å². The Morgan fingerprint density at radius 2 is 2.29 bits per heavy atom. The van der Waals surface area contributed by atoms with E-state index in [1.165, 1.54) is 25.7 Å². The largest absolute Gasteiger partial charge is 0.310 e. The van der Waals surface area contributed by atoms with Crippen LogP contribution in [-0.2, 0) is 13.0 Å². The molecule has 0 aliphatic heterocycles. The van der Waals surface area contributed by atoms with Gasteiger partial charge in [-0.1, -0.05) is 6.92 Å². The standard InChI is InChI=1S/C12H17NS/c1-8-2-5-11-12(8)9(7-14-11)6-13-10-3-4-10/h7-8,10,13H,2-6H2,1H3. The minimum atomic E-state index is 0.812. The predicted octanol–water partition coefficient (Wildman–Crippen LogP) is 3.05. The van der Waals surface area contributed by atoms with Crippen LogP contribution < -0.4 is 5.32 Å². The van der Waals surface area contributed by atoms with Gasteiger partial charge in [-0.3, -0.25) is 0 Å². The zero-order valence-corrected chi connectivity index (χ0v) is 9.49. The lowest BCUT2D eigenvalue weighted by molar-refractivity contribution is 0.673. The zero-order valence-electron chi connectivity index (χ0n) is 8.68. The van der Waals surface area contributed by atoms with Crippen LogP contribution in [0.5, 0.6) is 0 Å². The van der Waals surface area contributed by atoms with Crippen LogP contribution in [0, 0.1) is 0 Å². The van der Waals surface area contributed by atoms with Gasteiger partial charge in [-0.2, -0.15) is 0 Å². The lowest BCUT2D eigenvalue weighted by Gasteiger charge is -2.07. The molecule has 1 fully saturated rings. The number of nitrogens with one attached hydrogen (secondary N) is 1. The van der Waals surface area contributed by atoms with E-state index in [9.17, 15) is 0 Å². The Bertz CT molecular complexity index is 338. The minimum absolute atomic E-state index is 0.812. The van der Waals surface area contributed by atoms with Gasteiger partial charge >= 0.3 is 0 Å². The highest BCUT2D eigenvalue weighted by Gasteiger charge is 2.25. The normalized spacial score (nSPS) is 25.4. The van der Waals surface area contributed by atoms with Gasteiger partial charge in [-0.25, -0.2) is 0 Å². The molecule has 14 heavy (non-hydrogen) atoms. The Balaban J connectivity index is 1.76. The van der Waals surface area contributed by atoms with E-state index in [1.54, 1.807) is 16.0 Å². The minimum Gasteiger partial charge on any atom is -0.310 e. The van der Waals surface area contributed by atoms with Gasteiger partial charge in [-0.05, 0) is 48.1 Å². The first-order valence-corrected chi connectivity index (χ1v) is 6.55. The monoisotopic (exact) mass is 207 g/mol. The molecule has 1 unspecified atom stereocenters. The van der Waals surface area contributed by atoms with Crippen LogP contribution in [0.25, 0.3) is 0 Å². The van der Waals surface area contributed by atoms with E-state index in [2.05, 4.69) is 17.6 Å². The fourth-order valence-corrected chi connectivity index (χ4v) is 3.59. The SMILES string of the molecule is CC1CCc2scc(CNC3CC3)c21. The molecule has 1 atom stereocenters. The third kappa shape index (κ3) is 1.51. The number of hydrogen-bond acceptors (Lipinski definition) is 2. The van der Waals surface area contributed by atoms with Crippen molar-refractivity contribution in [3.05, 3.63) is 21.4 Å². The fraction of sp³-hybridized carbons (Fsp3) is 0.667. The molecule has 2 aliphatic carbocycles. The molecule has 0 radical (unpaired) electrons. The van der Waals surface area contributed by atoms with Gasteiger partial charge in [0, 0.05) is 17.5 Å². The summed E-state index contributed by atoms with van der Waals surface area (Å²) in [5.74, 6) is 0.812. The van der Waals surface area contributed by atoms with Gasteiger partial charge < -0.3 is 5.32 Å². The highest BCUT2D eigenvalue weighted by atomic mass is 32.1. The maximum Gasteiger partial charge on any atom is 0.0219 e. The van der Waals surface area contributed by atoms with E-state index in [4.69, 9.17) is 0 Å². The second-order valence-corrected chi connectivity index (χ2v) is 5.66. The van der Waals surface area contributed by atoms with Gasteiger partial charge in [0.15, 0.2) is 0 Å². The highest BCUT2D eigenvalue weighted by Crippen LogP contribution is 2.39. The van der Waals surface area contributed by atoms with E-state index in [1.807, 2.05) is 11.3 Å². The molecule has 0 spiro atoms. The van der Waals surface area contributed by atoms with Crippen LogP contribution in [0.4, 0.5) is 0 Å². The van der Waals surface area contributed by atoms with E-state index >= 15 is 0 Å².